The monoisotopic (exact) mass is 462 g/mol. The maximum atomic E-state index is 13.1. The average molecular weight is 463 g/mol. The van der Waals surface area contributed by atoms with Crippen molar-refractivity contribution < 1.29 is 23.5 Å². The van der Waals surface area contributed by atoms with E-state index in [1.807, 2.05) is 31.2 Å². The number of unbranched alkanes of at least 4 members (excludes halogenated alkanes) is 1. The van der Waals surface area contributed by atoms with E-state index in [1.165, 1.54) is 12.1 Å². The summed E-state index contributed by atoms with van der Waals surface area (Å²) < 4.78 is 24.4. The average Bonchev–Trinajstić information content (AvgIpc) is 2.81. The molecule has 0 spiro atoms. The van der Waals surface area contributed by atoms with Gasteiger partial charge in [-0.2, -0.15) is 0 Å². The first-order chi connectivity index (χ1) is 16.5. The topological polar surface area (TPSA) is 67.9 Å². The molecule has 6 nitrogen and oxygen atoms in total. The van der Waals surface area contributed by atoms with Gasteiger partial charge < -0.3 is 19.7 Å². The summed E-state index contributed by atoms with van der Waals surface area (Å²) in [6.07, 6.45) is 1.68. The third-order valence-electron chi connectivity index (χ3n) is 5.50. The van der Waals surface area contributed by atoms with E-state index in [2.05, 4.69) is 5.32 Å². The Labute approximate surface area is 198 Å². The molecule has 0 aromatic heterocycles. The van der Waals surface area contributed by atoms with Crippen molar-refractivity contribution in [1.29, 1.82) is 0 Å². The Kier molecular flexibility index (Phi) is 7.42. The smallest absolute Gasteiger partial charge is 0.265 e. The molecule has 0 radical (unpaired) electrons. The number of fused-ring (bicyclic) bond motifs is 1. The molecule has 0 aliphatic carbocycles. The van der Waals surface area contributed by atoms with Gasteiger partial charge >= 0.3 is 0 Å². The van der Waals surface area contributed by atoms with Crippen LogP contribution in [-0.4, -0.2) is 31.6 Å². The zero-order chi connectivity index (χ0) is 23.9. The minimum absolute atomic E-state index is 0.0108. The summed E-state index contributed by atoms with van der Waals surface area (Å²) >= 11 is 0. The number of benzene rings is 3. The van der Waals surface area contributed by atoms with Crippen molar-refractivity contribution in [3.05, 3.63) is 83.7 Å². The molecule has 4 rings (SSSR count). The summed E-state index contributed by atoms with van der Waals surface area (Å²) in [4.78, 5) is 26.7. The van der Waals surface area contributed by atoms with Crippen molar-refractivity contribution in [2.45, 2.75) is 26.2 Å². The van der Waals surface area contributed by atoms with Crippen molar-refractivity contribution in [2.24, 2.45) is 0 Å². The van der Waals surface area contributed by atoms with Crippen molar-refractivity contribution in [3.63, 3.8) is 0 Å². The van der Waals surface area contributed by atoms with Crippen LogP contribution in [0.2, 0.25) is 0 Å². The zero-order valence-corrected chi connectivity index (χ0v) is 19.1. The van der Waals surface area contributed by atoms with Gasteiger partial charge in [0.15, 0.2) is 6.61 Å². The highest BCUT2D eigenvalue weighted by molar-refractivity contribution is 5.99. The van der Waals surface area contributed by atoms with E-state index in [9.17, 15) is 14.0 Å². The number of hydrogen-bond donors (Lipinski definition) is 1. The Morgan fingerprint density at radius 1 is 1.09 bits per heavy atom. The van der Waals surface area contributed by atoms with Gasteiger partial charge in [-0.05, 0) is 73.4 Å². The summed E-state index contributed by atoms with van der Waals surface area (Å²) in [6, 6.07) is 19.0. The number of aryl methyl sites for hydroxylation is 1. The minimum Gasteiger partial charge on any atom is -0.494 e. The number of amides is 2. The largest absolute Gasteiger partial charge is 0.494 e. The van der Waals surface area contributed by atoms with Crippen molar-refractivity contribution in [1.82, 2.24) is 0 Å². The molecule has 3 aromatic rings. The predicted molar refractivity (Wildman–Crippen MR) is 129 cm³/mol. The minimum atomic E-state index is -0.342. The van der Waals surface area contributed by atoms with Gasteiger partial charge in [-0.15, -0.1) is 0 Å². The van der Waals surface area contributed by atoms with E-state index in [0.717, 1.165) is 24.2 Å². The second-order valence-electron chi connectivity index (χ2n) is 8.24. The molecule has 0 saturated heterocycles. The highest BCUT2D eigenvalue weighted by Crippen LogP contribution is 2.35. The van der Waals surface area contributed by atoms with Crippen LogP contribution in [0.25, 0.3) is 0 Å². The van der Waals surface area contributed by atoms with E-state index < -0.39 is 0 Å². The van der Waals surface area contributed by atoms with E-state index in [-0.39, 0.29) is 30.7 Å². The Morgan fingerprint density at radius 3 is 2.71 bits per heavy atom. The first kappa shape index (κ1) is 23.3. The van der Waals surface area contributed by atoms with Crippen LogP contribution >= 0.6 is 0 Å². The molecular formula is C27H27FN2O4. The fourth-order valence-corrected chi connectivity index (χ4v) is 3.78. The number of anilines is 2. The highest BCUT2D eigenvalue weighted by atomic mass is 19.1. The van der Waals surface area contributed by atoms with Crippen LogP contribution in [0, 0.1) is 12.7 Å². The second kappa shape index (κ2) is 10.8. The van der Waals surface area contributed by atoms with Crippen LogP contribution < -0.4 is 19.7 Å². The lowest BCUT2D eigenvalue weighted by molar-refractivity contribution is -0.121. The van der Waals surface area contributed by atoms with Crippen LogP contribution in [0.15, 0.2) is 66.7 Å². The third kappa shape index (κ3) is 6.13. The molecule has 176 valence electrons. The summed E-state index contributed by atoms with van der Waals surface area (Å²) in [5.74, 6) is 0.752. The SMILES string of the molecule is Cc1cccc(OCCCCN2C(=O)COc3ccc(NC(=O)Cc4ccc(F)cc4)cc32)c1. The van der Waals surface area contributed by atoms with Crippen LogP contribution in [0.3, 0.4) is 0 Å². The molecule has 0 bridgehead atoms. The lowest BCUT2D eigenvalue weighted by Gasteiger charge is -2.30. The molecule has 0 unspecified atom stereocenters. The molecular weight excluding hydrogens is 435 g/mol. The Hall–Kier alpha value is -3.87. The summed E-state index contributed by atoms with van der Waals surface area (Å²) in [7, 11) is 0. The van der Waals surface area contributed by atoms with E-state index in [4.69, 9.17) is 9.47 Å². The summed E-state index contributed by atoms with van der Waals surface area (Å²) in [5, 5.41) is 2.84. The molecule has 1 N–H and O–H groups in total. The highest BCUT2D eigenvalue weighted by Gasteiger charge is 2.25. The second-order valence-corrected chi connectivity index (χ2v) is 8.24. The molecule has 2 amide bonds. The Bertz CT molecular complexity index is 1160. The lowest BCUT2D eigenvalue weighted by atomic mass is 10.1. The molecule has 0 saturated carbocycles. The van der Waals surface area contributed by atoms with Gasteiger partial charge in [0.05, 0.1) is 18.7 Å². The number of hydrogen-bond acceptors (Lipinski definition) is 4. The molecule has 1 heterocycles. The molecule has 1 aliphatic rings. The normalized spacial score (nSPS) is 12.6. The van der Waals surface area contributed by atoms with Crippen LogP contribution in [-0.2, 0) is 16.0 Å². The molecule has 34 heavy (non-hydrogen) atoms. The first-order valence-corrected chi connectivity index (χ1v) is 11.3. The number of nitrogens with one attached hydrogen (secondary N) is 1. The van der Waals surface area contributed by atoms with Gasteiger partial charge in [-0.25, -0.2) is 4.39 Å². The number of rotatable bonds is 9. The molecule has 0 atom stereocenters. The fraction of sp³-hybridized carbons (Fsp3) is 0.259. The van der Waals surface area contributed by atoms with Gasteiger partial charge in [0.2, 0.25) is 5.91 Å². The van der Waals surface area contributed by atoms with Crippen LogP contribution in [0.1, 0.15) is 24.0 Å². The third-order valence-corrected chi connectivity index (χ3v) is 5.50. The van der Waals surface area contributed by atoms with Crippen molar-refractivity contribution >= 4 is 23.2 Å². The molecule has 3 aromatic carbocycles. The van der Waals surface area contributed by atoms with E-state index >= 15 is 0 Å². The number of ether oxygens (including phenoxy) is 2. The number of nitrogens with zero attached hydrogens (tertiary/aromatic N) is 1. The van der Waals surface area contributed by atoms with Crippen molar-refractivity contribution in [2.75, 3.05) is 30.0 Å². The molecule has 0 fully saturated rings. The fourth-order valence-electron chi connectivity index (χ4n) is 3.78. The predicted octanol–water partition coefficient (Wildman–Crippen LogP) is 4.90. The zero-order valence-electron chi connectivity index (χ0n) is 19.1. The number of carbonyl (C=O) groups excluding carboxylic acids is 2. The standard InChI is InChI=1S/C27H27FN2O4/c1-19-5-4-6-23(15-19)33-14-3-2-13-30-24-17-22(11-12-25(24)34-18-27(30)32)29-26(31)16-20-7-9-21(28)10-8-20/h4-12,15,17H,2-3,13-14,16,18H2,1H3,(H,29,31). The Balaban J connectivity index is 1.33. The lowest BCUT2D eigenvalue weighted by Crippen LogP contribution is -2.39. The first-order valence-electron chi connectivity index (χ1n) is 11.3. The van der Waals surface area contributed by atoms with Crippen LogP contribution in [0.4, 0.5) is 15.8 Å². The van der Waals surface area contributed by atoms with E-state index in [1.54, 1.807) is 35.2 Å². The maximum absolute atomic E-state index is 13.1. The molecule has 7 heteroatoms. The Morgan fingerprint density at radius 2 is 1.91 bits per heavy atom. The summed E-state index contributed by atoms with van der Waals surface area (Å²) in [6.45, 7) is 3.10. The van der Waals surface area contributed by atoms with Gasteiger partial charge in [-0.1, -0.05) is 24.3 Å². The van der Waals surface area contributed by atoms with Gasteiger partial charge in [0.1, 0.15) is 17.3 Å². The quantitative estimate of drug-likeness (QED) is 0.460. The van der Waals surface area contributed by atoms with Gasteiger partial charge in [0, 0.05) is 12.2 Å². The van der Waals surface area contributed by atoms with Crippen LogP contribution in [0.5, 0.6) is 11.5 Å². The van der Waals surface area contributed by atoms with Gasteiger partial charge in [-0.3, -0.25) is 9.59 Å². The number of halogens is 1. The number of carbonyl (C=O) groups is 2. The maximum Gasteiger partial charge on any atom is 0.265 e. The molecule has 1 aliphatic heterocycles. The van der Waals surface area contributed by atoms with E-state index in [0.29, 0.717) is 35.8 Å². The van der Waals surface area contributed by atoms with Crippen molar-refractivity contribution in [3.8, 4) is 11.5 Å². The summed E-state index contributed by atoms with van der Waals surface area (Å²) in [5.41, 5.74) is 3.06. The van der Waals surface area contributed by atoms with Gasteiger partial charge in [0.25, 0.3) is 5.91 Å².